The summed E-state index contributed by atoms with van der Waals surface area (Å²) in [4.78, 5) is 38.5. The molecule has 2 aliphatic heterocycles. The van der Waals surface area contributed by atoms with Gasteiger partial charge in [0.2, 0.25) is 11.2 Å². The van der Waals surface area contributed by atoms with Crippen LogP contribution in [-0.4, -0.2) is 67.7 Å². The number of nitrogens with one attached hydrogen (secondary N) is 1. The Kier molecular flexibility index (Phi) is 5.11. The Hall–Kier alpha value is -2.39. The molecule has 3 rings (SSSR count). The molecule has 3 heterocycles. The van der Waals surface area contributed by atoms with Crippen LogP contribution in [0.5, 0.6) is 5.75 Å². The lowest BCUT2D eigenvalue weighted by Gasteiger charge is -2.25. The number of rotatable bonds is 5. The number of hydrogen-bond acceptors (Lipinski definition) is 7. The largest absolute Gasteiger partial charge is 0.477 e. The van der Waals surface area contributed by atoms with Crippen molar-refractivity contribution in [3.63, 3.8) is 0 Å². The van der Waals surface area contributed by atoms with Crippen molar-refractivity contribution in [1.82, 2.24) is 15.1 Å². The van der Waals surface area contributed by atoms with E-state index in [1.54, 1.807) is 0 Å². The topological polar surface area (TPSA) is 101 Å². The lowest BCUT2D eigenvalue weighted by molar-refractivity contribution is -0.129. The highest BCUT2D eigenvalue weighted by atomic mass is 16.5. The van der Waals surface area contributed by atoms with E-state index in [4.69, 9.17) is 13.9 Å². The molecule has 1 aromatic heterocycles. The maximum Gasteiger partial charge on any atom is 0.324 e. The fourth-order valence-electron chi connectivity index (χ4n) is 2.53. The fourth-order valence-corrected chi connectivity index (χ4v) is 2.53. The second-order valence-corrected chi connectivity index (χ2v) is 5.53. The Morgan fingerprint density at radius 2 is 2.04 bits per heavy atom. The summed E-state index contributed by atoms with van der Waals surface area (Å²) < 4.78 is 15.9. The maximum absolute atomic E-state index is 12.0. The predicted octanol–water partition coefficient (Wildman–Crippen LogP) is -0.597. The predicted molar refractivity (Wildman–Crippen MR) is 81.7 cm³/mol. The monoisotopic (exact) mass is 337 g/mol. The molecule has 9 heteroatoms. The van der Waals surface area contributed by atoms with Crippen molar-refractivity contribution in [2.24, 2.45) is 0 Å². The van der Waals surface area contributed by atoms with Gasteiger partial charge in [0.15, 0.2) is 6.61 Å². The van der Waals surface area contributed by atoms with Crippen molar-refractivity contribution in [1.29, 1.82) is 0 Å². The molecule has 0 spiro atoms. The molecule has 9 nitrogen and oxygen atoms in total. The highest BCUT2D eigenvalue weighted by Crippen LogP contribution is 2.10. The highest BCUT2D eigenvalue weighted by molar-refractivity contribution is 5.96. The molecule has 0 aliphatic carbocycles. The second kappa shape index (κ2) is 7.45. The molecule has 2 saturated heterocycles. The SMILES string of the molecule is O=C(COc1coc(CN2CCOCC2)cc1=O)N1CCNC1=O. The maximum atomic E-state index is 12.0. The number of morpholine rings is 1. The van der Waals surface area contributed by atoms with Crippen molar-refractivity contribution < 1.29 is 23.5 Å². The summed E-state index contributed by atoms with van der Waals surface area (Å²) in [6, 6.07) is 0.911. The Morgan fingerprint density at radius 3 is 2.71 bits per heavy atom. The van der Waals surface area contributed by atoms with Gasteiger partial charge in [-0.15, -0.1) is 0 Å². The zero-order valence-corrected chi connectivity index (χ0v) is 13.2. The zero-order chi connectivity index (χ0) is 16.9. The lowest BCUT2D eigenvalue weighted by atomic mass is 10.3. The van der Waals surface area contributed by atoms with E-state index >= 15 is 0 Å². The van der Waals surface area contributed by atoms with Crippen LogP contribution in [0.2, 0.25) is 0 Å². The van der Waals surface area contributed by atoms with E-state index in [2.05, 4.69) is 10.2 Å². The number of ether oxygens (including phenoxy) is 2. The zero-order valence-electron chi connectivity index (χ0n) is 13.2. The molecule has 0 unspecified atom stereocenters. The van der Waals surface area contributed by atoms with Crippen molar-refractivity contribution in [2.45, 2.75) is 6.54 Å². The van der Waals surface area contributed by atoms with E-state index in [-0.39, 0.29) is 17.8 Å². The number of carbonyl (C=O) groups is 2. The number of amides is 3. The number of carbonyl (C=O) groups excluding carboxylic acids is 2. The summed E-state index contributed by atoms with van der Waals surface area (Å²) in [7, 11) is 0. The van der Waals surface area contributed by atoms with Gasteiger partial charge in [-0.1, -0.05) is 0 Å². The number of urea groups is 1. The van der Waals surface area contributed by atoms with Crippen LogP contribution in [0.15, 0.2) is 21.5 Å². The van der Waals surface area contributed by atoms with Crippen LogP contribution in [0.3, 0.4) is 0 Å². The van der Waals surface area contributed by atoms with Crippen LogP contribution in [0, 0.1) is 0 Å². The third kappa shape index (κ3) is 3.92. The first-order chi connectivity index (χ1) is 11.6. The molecule has 0 atom stereocenters. The third-order valence-electron chi connectivity index (χ3n) is 3.84. The summed E-state index contributed by atoms with van der Waals surface area (Å²) in [6.45, 7) is 3.75. The minimum absolute atomic E-state index is 0.0475. The smallest absolute Gasteiger partial charge is 0.324 e. The summed E-state index contributed by atoms with van der Waals surface area (Å²) >= 11 is 0. The summed E-state index contributed by atoms with van der Waals surface area (Å²) in [6.07, 6.45) is 1.20. The van der Waals surface area contributed by atoms with Crippen LogP contribution >= 0.6 is 0 Å². The van der Waals surface area contributed by atoms with Gasteiger partial charge in [-0.05, 0) is 0 Å². The van der Waals surface area contributed by atoms with Gasteiger partial charge in [-0.3, -0.25) is 19.4 Å². The second-order valence-electron chi connectivity index (χ2n) is 5.53. The van der Waals surface area contributed by atoms with Crippen LogP contribution < -0.4 is 15.5 Å². The van der Waals surface area contributed by atoms with Crippen LogP contribution in [-0.2, 0) is 16.1 Å². The molecule has 24 heavy (non-hydrogen) atoms. The van der Waals surface area contributed by atoms with Crippen molar-refractivity contribution in [3.8, 4) is 5.75 Å². The molecule has 0 aromatic carbocycles. The summed E-state index contributed by atoms with van der Waals surface area (Å²) in [5.41, 5.74) is -0.358. The van der Waals surface area contributed by atoms with Crippen LogP contribution in [0.1, 0.15) is 5.76 Å². The van der Waals surface area contributed by atoms with E-state index in [9.17, 15) is 14.4 Å². The minimum Gasteiger partial charge on any atom is -0.477 e. The number of hydrogen-bond donors (Lipinski definition) is 1. The molecule has 3 amide bonds. The third-order valence-corrected chi connectivity index (χ3v) is 3.84. The summed E-state index contributed by atoms with van der Waals surface area (Å²) in [5, 5.41) is 2.52. The first-order valence-electron chi connectivity index (χ1n) is 7.76. The molecular formula is C15H19N3O6. The average molecular weight is 337 g/mol. The average Bonchev–Trinajstić information content (AvgIpc) is 3.01. The molecule has 1 N–H and O–H groups in total. The van der Waals surface area contributed by atoms with Gasteiger partial charge in [0.1, 0.15) is 12.0 Å². The van der Waals surface area contributed by atoms with E-state index in [1.807, 2.05) is 0 Å². The molecular weight excluding hydrogens is 318 g/mol. The first-order valence-corrected chi connectivity index (χ1v) is 7.76. The van der Waals surface area contributed by atoms with E-state index in [0.717, 1.165) is 18.0 Å². The Morgan fingerprint density at radius 1 is 1.25 bits per heavy atom. The Bertz CT molecular complexity index is 667. The standard InChI is InChI=1S/C15H19N3O6/c19-12-7-11(8-17-3-5-22-6-4-17)23-9-13(12)24-10-14(20)18-2-1-16-15(18)21/h7,9H,1-6,8,10H2,(H,16,21). The van der Waals surface area contributed by atoms with Gasteiger partial charge < -0.3 is 19.2 Å². The lowest BCUT2D eigenvalue weighted by Crippen LogP contribution is -2.37. The molecule has 0 bridgehead atoms. The number of imide groups is 1. The molecule has 0 saturated carbocycles. The molecule has 1 aromatic rings. The van der Waals surface area contributed by atoms with E-state index in [1.165, 1.54) is 12.3 Å². The molecule has 0 radical (unpaired) electrons. The van der Waals surface area contributed by atoms with Crippen LogP contribution in [0.4, 0.5) is 4.79 Å². The van der Waals surface area contributed by atoms with Gasteiger partial charge in [0.05, 0.1) is 19.8 Å². The Labute approximate surface area is 138 Å². The molecule has 2 fully saturated rings. The first kappa shape index (κ1) is 16.5. The van der Waals surface area contributed by atoms with Crippen molar-refractivity contribution >= 4 is 11.9 Å². The van der Waals surface area contributed by atoms with Crippen LogP contribution in [0.25, 0.3) is 0 Å². The van der Waals surface area contributed by atoms with E-state index < -0.39 is 11.9 Å². The highest BCUT2D eigenvalue weighted by Gasteiger charge is 2.26. The van der Waals surface area contributed by atoms with Gasteiger partial charge in [-0.2, -0.15) is 0 Å². The normalized spacial score (nSPS) is 18.5. The van der Waals surface area contributed by atoms with Crippen molar-refractivity contribution in [3.05, 3.63) is 28.3 Å². The van der Waals surface area contributed by atoms with Crippen molar-refractivity contribution in [2.75, 3.05) is 46.0 Å². The minimum atomic E-state index is -0.498. The fraction of sp³-hybridized carbons (Fsp3) is 0.533. The Balaban J connectivity index is 1.55. The summed E-state index contributed by atoms with van der Waals surface area (Å²) in [5.74, 6) is -0.0185. The van der Waals surface area contributed by atoms with E-state index in [0.29, 0.717) is 38.6 Å². The quantitative estimate of drug-likeness (QED) is 0.766. The van der Waals surface area contributed by atoms with Gasteiger partial charge in [0, 0.05) is 32.2 Å². The molecule has 130 valence electrons. The van der Waals surface area contributed by atoms with Gasteiger partial charge in [-0.25, -0.2) is 4.79 Å². The molecule has 2 aliphatic rings. The number of nitrogens with zero attached hydrogens (tertiary/aromatic N) is 2. The van der Waals surface area contributed by atoms with Gasteiger partial charge >= 0.3 is 6.03 Å². The van der Waals surface area contributed by atoms with Gasteiger partial charge in [0.25, 0.3) is 5.91 Å².